The molecule has 0 aromatic rings. The molecule has 0 spiro atoms. The number of alkyl halides is 3. The van der Waals surface area contributed by atoms with Gasteiger partial charge in [0.25, 0.3) is 0 Å². The van der Waals surface area contributed by atoms with Crippen molar-refractivity contribution in [3.05, 3.63) is 35.8 Å². The van der Waals surface area contributed by atoms with Gasteiger partial charge in [-0.15, -0.1) is 0 Å². The van der Waals surface area contributed by atoms with Gasteiger partial charge in [0.15, 0.2) is 0 Å². The first kappa shape index (κ1) is 20.5. The van der Waals surface area contributed by atoms with Gasteiger partial charge in [0, 0.05) is 13.2 Å². The number of nitrogens with one attached hydrogen (secondary N) is 2. The van der Waals surface area contributed by atoms with Gasteiger partial charge in [0.05, 0.1) is 0 Å². The molecule has 0 radical (unpaired) electrons. The molecule has 0 aromatic carbocycles. The second kappa shape index (κ2) is 10.4. The summed E-state index contributed by atoms with van der Waals surface area (Å²) in [7, 11) is 0. The van der Waals surface area contributed by atoms with Crippen LogP contribution in [-0.4, -0.2) is 50.2 Å². The van der Waals surface area contributed by atoms with Gasteiger partial charge in [-0.05, 0) is 56.6 Å². The molecule has 0 unspecified atom stereocenters. The van der Waals surface area contributed by atoms with Crippen molar-refractivity contribution >= 4 is 0 Å². The monoisotopic (exact) mass is 349 g/mol. The van der Waals surface area contributed by atoms with Gasteiger partial charge < -0.3 is 26.2 Å². The first-order valence-electron chi connectivity index (χ1n) is 7.95. The normalized spacial score (nSPS) is 17.8. The van der Waals surface area contributed by atoms with E-state index in [2.05, 4.69) is 17.2 Å². The van der Waals surface area contributed by atoms with Gasteiger partial charge >= 0.3 is 6.18 Å². The number of rotatable bonds is 9. The van der Waals surface area contributed by atoms with E-state index in [0.29, 0.717) is 24.3 Å². The summed E-state index contributed by atoms with van der Waals surface area (Å²) in [5.74, 6) is 0.312. The quantitative estimate of drug-likeness (QED) is 0.289. The van der Waals surface area contributed by atoms with E-state index in [9.17, 15) is 13.2 Å². The molecule has 24 heavy (non-hydrogen) atoms. The lowest BCUT2D eigenvalue weighted by molar-refractivity contribution is -0.0927. The fourth-order valence-electron chi connectivity index (χ4n) is 2.23. The van der Waals surface area contributed by atoms with Crippen LogP contribution >= 0.6 is 0 Å². The number of ether oxygens (including phenoxy) is 1. The van der Waals surface area contributed by atoms with E-state index < -0.39 is 11.9 Å². The summed E-state index contributed by atoms with van der Waals surface area (Å²) in [6, 6.07) is 0. The number of halogens is 3. The van der Waals surface area contributed by atoms with Crippen LogP contribution in [0.5, 0.6) is 0 Å². The Morgan fingerprint density at radius 2 is 2.00 bits per heavy atom. The van der Waals surface area contributed by atoms with Crippen LogP contribution < -0.4 is 16.4 Å². The molecular formula is C16H26F3N3O2. The van der Waals surface area contributed by atoms with Crippen molar-refractivity contribution in [1.82, 2.24) is 10.6 Å². The van der Waals surface area contributed by atoms with E-state index >= 15 is 0 Å². The average Bonchev–Trinajstić information content (AvgIpc) is 2.51. The molecule has 1 heterocycles. The summed E-state index contributed by atoms with van der Waals surface area (Å²) in [5, 5.41) is 14.9. The summed E-state index contributed by atoms with van der Waals surface area (Å²) >= 11 is 0. The molecule has 0 atom stereocenters. The number of piperidine rings is 1. The highest BCUT2D eigenvalue weighted by molar-refractivity contribution is 5.30. The number of hydrogen-bond donors (Lipinski definition) is 4. The molecular weight excluding hydrogens is 323 g/mol. The molecule has 138 valence electrons. The minimum absolute atomic E-state index is 0.0120. The van der Waals surface area contributed by atoms with Crippen LogP contribution in [0.4, 0.5) is 13.2 Å². The Morgan fingerprint density at radius 1 is 1.33 bits per heavy atom. The predicted molar refractivity (Wildman–Crippen MR) is 87.1 cm³/mol. The van der Waals surface area contributed by atoms with E-state index in [-0.39, 0.29) is 19.3 Å². The second-order valence-electron chi connectivity index (χ2n) is 5.60. The van der Waals surface area contributed by atoms with E-state index in [4.69, 9.17) is 15.6 Å². The zero-order valence-corrected chi connectivity index (χ0v) is 13.7. The van der Waals surface area contributed by atoms with Crippen LogP contribution in [0.15, 0.2) is 35.8 Å². The molecule has 0 aromatic heterocycles. The largest absolute Gasteiger partial charge is 0.491 e. The van der Waals surface area contributed by atoms with Crippen molar-refractivity contribution in [3.8, 4) is 0 Å². The number of aliphatic hydroxyl groups excluding tert-OH is 1. The molecule has 5 N–H and O–H groups in total. The van der Waals surface area contributed by atoms with Gasteiger partial charge in [-0.2, -0.15) is 13.2 Å². The molecule has 1 fully saturated rings. The lowest BCUT2D eigenvalue weighted by Gasteiger charge is -2.24. The number of aliphatic hydroxyl groups is 1. The van der Waals surface area contributed by atoms with Crippen LogP contribution in [0.1, 0.15) is 19.3 Å². The third-order valence-corrected chi connectivity index (χ3v) is 3.46. The summed E-state index contributed by atoms with van der Waals surface area (Å²) in [6.45, 7) is 6.12. The van der Waals surface area contributed by atoms with Crippen LogP contribution in [0.3, 0.4) is 0 Å². The molecule has 0 saturated carbocycles. The molecule has 1 aliphatic rings. The highest BCUT2D eigenvalue weighted by atomic mass is 19.4. The Labute approximate surface area is 140 Å². The van der Waals surface area contributed by atoms with Crippen molar-refractivity contribution in [1.29, 1.82) is 0 Å². The van der Waals surface area contributed by atoms with Crippen molar-refractivity contribution in [2.24, 2.45) is 5.73 Å². The fraction of sp³-hybridized carbons (Fsp3) is 0.625. The van der Waals surface area contributed by atoms with Gasteiger partial charge in [0.2, 0.25) is 0 Å². The van der Waals surface area contributed by atoms with E-state index in [1.54, 1.807) is 0 Å². The van der Waals surface area contributed by atoms with Crippen molar-refractivity contribution in [3.63, 3.8) is 0 Å². The van der Waals surface area contributed by atoms with Crippen LogP contribution in [0.25, 0.3) is 0 Å². The molecule has 8 heteroatoms. The first-order valence-corrected chi connectivity index (χ1v) is 7.95. The maximum absolute atomic E-state index is 12.6. The lowest BCUT2D eigenvalue weighted by Crippen LogP contribution is -2.32. The zero-order chi connectivity index (χ0) is 18.0. The summed E-state index contributed by atoms with van der Waals surface area (Å²) in [5.41, 5.74) is 4.24. The average molecular weight is 349 g/mol. The van der Waals surface area contributed by atoms with Crippen molar-refractivity contribution in [2.75, 3.05) is 32.8 Å². The number of hydrogen-bond acceptors (Lipinski definition) is 5. The smallest absolute Gasteiger partial charge is 0.430 e. The second-order valence-corrected chi connectivity index (χ2v) is 5.60. The summed E-state index contributed by atoms with van der Waals surface area (Å²) in [4.78, 5) is 0. The predicted octanol–water partition coefficient (Wildman–Crippen LogP) is 1.57. The molecule has 1 saturated heterocycles. The van der Waals surface area contributed by atoms with Crippen molar-refractivity contribution in [2.45, 2.75) is 31.5 Å². The maximum Gasteiger partial charge on any atom is 0.430 e. The maximum atomic E-state index is 12.6. The molecule has 5 nitrogen and oxygen atoms in total. The minimum atomic E-state index is -4.58. The standard InChI is InChI=1S/C16H26F3N3O2/c1-12(24-14-3-6-21-7-4-14)9-13(11-22-5-2-8-23)10-15(20)16(17,18)19/h9-10,14,21-23H,1-8,11,20H2/b13-9+,15-10-. The zero-order valence-electron chi connectivity index (χ0n) is 13.7. The Kier molecular flexibility index (Phi) is 8.88. The molecule has 1 aliphatic heterocycles. The van der Waals surface area contributed by atoms with Crippen LogP contribution in [0, 0.1) is 0 Å². The van der Waals surface area contributed by atoms with E-state index in [0.717, 1.165) is 32.0 Å². The first-order chi connectivity index (χ1) is 11.3. The molecule has 0 bridgehead atoms. The lowest BCUT2D eigenvalue weighted by atomic mass is 10.1. The Morgan fingerprint density at radius 3 is 2.58 bits per heavy atom. The Bertz CT molecular complexity index is 456. The highest BCUT2D eigenvalue weighted by Gasteiger charge is 2.31. The molecule has 1 rings (SSSR count). The number of allylic oxidation sites excluding steroid dienone is 2. The van der Waals surface area contributed by atoms with E-state index in [1.807, 2.05) is 0 Å². The molecule has 0 amide bonds. The third-order valence-electron chi connectivity index (χ3n) is 3.46. The third kappa shape index (κ3) is 8.37. The van der Waals surface area contributed by atoms with Crippen LogP contribution in [0.2, 0.25) is 0 Å². The van der Waals surface area contributed by atoms with Crippen molar-refractivity contribution < 1.29 is 23.0 Å². The Hall–Kier alpha value is -1.51. The topological polar surface area (TPSA) is 79.5 Å². The molecule has 0 aliphatic carbocycles. The summed E-state index contributed by atoms with van der Waals surface area (Å²) < 4.78 is 43.6. The van der Waals surface area contributed by atoms with Gasteiger partial charge in [-0.3, -0.25) is 0 Å². The Balaban J connectivity index is 2.71. The summed E-state index contributed by atoms with van der Waals surface area (Å²) in [6.07, 6.45) is -0.0491. The van der Waals surface area contributed by atoms with E-state index in [1.165, 1.54) is 6.08 Å². The fourth-order valence-corrected chi connectivity index (χ4v) is 2.23. The number of nitrogens with two attached hydrogens (primary N) is 1. The van der Waals surface area contributed by atoms with Gasteiger partial charge in [-0.1, -0.05) is 6.58 Å². The SMILES string of the molecule is C=C(/C=C(\C=C(/N)C(F)(F)F)CNCCCO)OC1CCNCC1. The highest BCUT2D eigenvalue weighted by Crippen LogP contribution is 2.23. The van der Waals surface area contributed by atoms with Crippen LogP contribution in [-0.2, 0) is 4.74 Å². The van der Waals surface area contributed by atoms with Gasteiger partial charge in [0.1, 0.15) is 17.6 Å². The minimum Gasteiger partial charge on any atom is -0.491 e. The van der Waals surface area contributed by atoms with Gasteiger partial charge in [-0.25, -0.2) is 0 Å².